The highest BCUT2D eigenvalue weighted by Crippen LogP contribution is 2.23. The Labute approximate surface area is 112 Å². The Morgan fingerprint density at radius 2 is 2.00 bits per heavy atom. The highest BCUT2D eigenvalue weighted by molar-refractivity contribution is 4.74. The van der Waals surface area contributed by atoms with Gasteiger partial charge < -0.3 is 14.8 Å². The van der Waals surface area contributed by atoms with Gasteiger partial charge in [0.25, 0.3) is 0 Å². The lowest BCUT2D eigenvalue weighted by atomic mass is 9.95. The summed E-state index contributed by atoms with van der Waals surface area (Å²) >= 11 is 0. The van der Waals surface area contributed by atoms with Crippen LogP contribution in [0.2, 0.25) is 0 Å². The summed E-state index contributed by atoms with van der Waals surface area (Å²) in [5.74, 6) is 0. The van der Waals surface area contributed by atoms with Crippen LogP contribution in [0.25, 0.3) is 0 Å². The number of hydrogen-bond acceptors (Lipinski definition) is 3. The van der Waals surface area contributed by atoms with Crippen molar-refractivity contribution in [3.8, 4) is 0 Å². The molecule has 0 aliphatic heterocycles. The van der Waals surface area contributed by atoms with E-state index in [1.807, 2.05) is 6.08 Å². The van der Waals surface area contributed by atoms with E-state index in [2.05, 4.69) is 18.8 Å². The van der Waals surface area contributed by atoms with Gasteiger partial charge in [-0.25, -0.2) is 0 Å². The van der Waals surface area contributed by atoms with Crippen LogP contribution in [-0.4, -0.2) is 38.5 Å². The van der Waals surface area contributed by atoms with Crippen molar-refractivity contribution in [3.63, 3.8) is 0 Å². The SMILES string of the molecule is C=CCNCCCCOC1CCCC(OCC)C1. The normalized spacial score (nSPS) is 24.1. The number of nitrogens with one attached hydrogen (secondary N) is 1. The zero-order valence-electron chi connectivity index (χ0n) is 11.8. The first kappa shape index (κ1) is 15.7. The summed E-state index contributed by atoms with van der Waals surface area (Å²) in [7, 11) is 0. The Bertz CT molecular complexity index is 207. The maximum Gasteiger partial charge on any atom is 0.0599 e. The first-order valence-corrected chi connectivity index (χ1v) is 7.41. The highest BCUT2D eigenvalue weighted by Gasteiger charge is 2.22. The Kier molecular flexibility index (Phi) is 9.17. The van der Waals surface area contributed by atoms with Crippen molar-refractivity contribution >= 4 is 0 Å². The van der Waals surface area contributed by atoms with E-state index in [9.17, 15) is 0 Å². The molecule has 0 bridgehead atoms. The van der Waals surface area contributed by atoms with Crippen LogP contribution in [0, 0.1) is 0 Å². The van der Waals surface area contributed by atoms with Crippen LogP contribution in [0.15, 0.2) is 12.7 Å². The van der Waals surface area contributed by atoms with Crippen LogP contribution in [0.4, 0.5) is 0 Å². The van der Waals surface area contributed by atoms with Crippen LogP contribution in [0.1, 0.15) is 45.4 Å². The van der Waals surface area contributed by atoms with Crippen molar-refractivity contribution in [2.24, 2.45) is 0 Å². The molecule has 0 heterocycles. The van der Waals surface area contributed by atoms with Crippen LogP contribution < -0.4 is 5.32 Å². The monoisotopic (exact) mass is 255 g/mol. The van der Waals surface area contributed by atoms with E-state index < -0.39 is 0 Å². The Balaban J connectivity index is 1.96. The molecule has 0 aromatic rings. The molecule has 0 amide bonds. The maximum absolute atomic E-state index is 5.94. The lowest BCUT2D eigenvalue weighted by molar-refractivity contribution is -0.0420. The summed E-state index contributed by atoms with van der Waals surface area (Å²) in [5, 5.41) is 3.30. The first-order valence-electron chi connectivity index (χ1n) is 7.41. The first-order chi connectivity index (χ1) is 8.86. The van der Waals surface area contributed by atoms with E-state index in [1.165, 1.54) is 25.7 Å². The van der Waals surface area contributed by atoms with Crippen molar-refractivity contribution in [2.75, 3.05) is 26.3 Å². The van der Waals surface area contributed by atoms with Crippen molar-refractivity contribution in [2.45, 2.75) is 57.7 Å². The summed E-state index contributed by atoms with van der Waals surface area (Å²) in [6.45, 7) is 9.42. The Hall–Kier alpha value is -0.380. The fourth-order valence-electron chi connectivity index (χ4n) is 2.45. The van der Waals surface area contributed by atoms with Gasteiger partial charge in [0.1, 0.15) is 0 Å². The van der Waals surface area contributed by atoms with Crippen LogP contribution >= 0.6 is 0 Å². The minimum Gasteiger partial charge on any atom is -0.378 e. The molecule has 1 rings (SSSR count). The standard InChI is InChI=1S/C15H29NO2/c1-3-10-16-11-5-6-12-18-15-9-7-8-14(13-15)17-4-2/h3,14-16H,1,4-13H2,2H3. The topological polar surface area (TPSA) is 30.5 Å². The third-order valence-corrected chi connectivity index (χ3v) is 3.37. The van der Waals surface area contributed by atoms with Gasteiger partial charge in [0.15, 0.2) is 0 Å². The summed E-state index contributed by atoms with van der Waals surface area (Å²) in [4.78, 5) is 0. The van der Waals surface area contributed by atoms with Crippen LogP contribution in [0.5, 0.6) is 0 Å². The molecular formula is C15H29NO2. The van der Waals surface area contributed by atoms with E-state index in [0.29, 0.717) is 12.2 Å². The van der Waals surface area contributed by atoms with Gasteiger partial charge in [-0.2, -0.15) is 0 Å². The molecule has 18 heavy (non-hydrogen) atoms. The molecule has 2 atom stereocenters. The van der Waals surface area contributed by atoms with Gasteiger partial charge >= 0.3 is 0 Å². The molecule has 3 heteroatoms. The molecule has 1 N–H and O–H groups in total. The van der Waals surface area contributed by atoms with E-state index >= 15 is 0 Å². The molecule has 1 saturated carbocycles. The second-order valence-electron chi connectivity index (χ2n) is 4.94. The minimum atomic E-state index is 0.427. The number of ether oxygens (including phenoxy) is 2. The molecule has 0 spiro atoms. The fraction of sp³-hybridized carbons (Fsp3) is 0.867. The summed E-state index contributed by atoms with van der Waals surface area (Å²) in [5.41, 5.74) is 0. The molecule has 1 fully saturated rings. The molecular weight excluding hydrogens is 226 g/mol. The van der Waals surface area contributed by atoms with Gasteiger partial charge in [0.2, 0.25) is 0 Å². The van der Waals surface area contributed by atoms with Crippen LogP contribution in [0.3, 0.4) is 0 Å². The second kappa shape index (κ2) is 10.5. The van der Waals surface area contributed by atoms with Gasteiger partial charge in [-0.3, -0.25) is 0 Å². The predicted octanol–water partition coefficient (Wildman–Crippen LogP) is 2.91. The molecule has 1 aliphatic rings. The maximum atomic E-state index is 5.94. The molecule has 0 saturated heterocycles. The lowest BCUT2D eigenvalue weighted by Gasteiger charge is -2.29. The molecule has 3 nitrogen and oxygen atoms in total. The predicted molar refractivity (Wildman–Crippen MR) is 75.9 cm³/mol. The highest BCUT2D eigenvalue weighted by atomic mass is 16.5. The van der Waals surface area contributed by atoms with Gasteiger partial charge in [-0.15, -0.1) is 6.58 Å². The zero-order chi connectivity index (χ0) is 13.1. The van der Waals surface area contributed by atoms with E-state index in [0.717, 1.165) is 39.1 Å². The van der Waals surface area contributed by atoms with Gasteiger partial charge in [-0.1, -0.05) is 6.08 Å². The quantitative estimate of drug-likeness (QED) is 0.481. The largest absolute Gasteiger partial charge is 0.378 e. The minimum absolute atomic E-state index is 0.427. The van der Waals surface area contributed by atoms with Gasteiger partial charge in [-0.05, 0) is 52.0 Å². The summed E-state index contributed by atoms with van der Waals surface area (Å²) in [6, 6.07) is 0. The number of unbranched alkanes of at least 4 members (excludes halogenated alkanes) is 1. The van der Waals surface area contributed by atoms with Crippen molar-refractivity contribution in [1.82, 2.24) is 5.32 Å². The number of hydrogen-bond donors (Lipinski definition) is 1. The average Bonchev–Trinajstić information content (AvgIpc) is 2.39. The third-order valence-electron chi connectivity index (χ3n) is 3.37. The molecule has 1 aliphatic carbocycles. The lowest BCUT2D eigenvalue weighted by Crippen LogP contribution is -2.28. The molecule has 0 aromatic carbocycles. The Morgan fingerprint density at radius 3 is 2.72 bits per heavy atom. The molecule has 0 radical (unpaired) electrons. The molecule has 106 valence electrons. The van der Waals surface area contributed by atoms with Crippen molar-refractivity contribution in [1.29, 1.82) is 0 Å². The fourth-order valence-corrected chi connectivity index (χ4v) is 2.45. The average molecular weight is 255 g/mol. The van der Waals surface area contributed by atoms with Gasteiger partial charge in [0, 0.05) is 19.8 Å². The second-order valence-corrected chi connectivity index (χ2v) is 4.94. The summed E-state index contributed by atoms with van der Waals surface area (Å²) < 4.78 is 11.6. The van der Waals surface area contributed by atoms with E-state index in [1.54, 1.807) is 0 Å². The molecule has 0 aromatic heterocycles. The third kappa shape index (κ3) is 7.14. The molecule has 2 unspecified atom stereocenters. The van der Waals surface area contributed by atoms with Crippen molar-refractivity contribution < 1.29 is 9.47 Å². The smallest absolute Gasteiger partial charge is 0.0599 e. The summed E-state index contributed by atoms with van der Waals surface area (Å²) in [6.07, 6.45) is 9.82. The Morgan fingerprint density at radius 1 is 1.22 bits per heavy atom. The van der Waals surface area contributed by atoms with Crippen LogP contribution in [-0.2, 0) is 9.47 Å². The zero-order valence-corrected chi connectivity index (χ0v) is 11.8. The van der Waals surface area contributed by atoms with E-state index in [4.69, 9.17) is 9.47 Å². The van der Waals surface area contributed by atoms with Crippen molar-refractivity contribution in [3.05, 3.63) is 12.7 Å². The van der Waals surface area contributed by atoms with E-state index in [-0.39, 0.29) is 0 Å². The number of rotatable bonds is 10. The van der Waals surface area contributed by atoms with Gasteiger partial charge in [0.05, 0.1) is 12.2 Å².